The molecule has 1 aromatic carbocycles. The van der Waals surface area contributed by atoms with E-state index in [4.69, 9.17) is 0 Å². The number of hydrogen-bond acceptors (Lipinski definition) is 2. The maximum Gasteiger partial charge on any atom is 0.0651 e. The lowest BCUT2D eigenvalue weighted by Crippen LogP contribution is -1.95. The minimum absolute atomic E-state index is 0.772. The minimum Gasteiger partial charge on any atom is -0.387 e. The van der Waals surface area contributed by atoms with Crippen LogP contribution in [0.3, 0.4) is 0 Å². The van der Waals surface area contributed by atoms with Crippen molar-refractivity contribution in [2.75, 3.05) is 18.1 Å². The van der Waals surface area contributed by atoms with E-state index in [1.165, 1.54) is 5.56 Å². The minimum atomic E-state index is -0.772. The van der Waals surface area contributed by atoms with Crippen LogP contribution in [-0.4, -0.2) is 17.0 Å². The third kappa shape index (κ3) is 1.05. The van der Waals surface area contributed by atoms with Crippen molar-refractivity contribution in [2.45, 2.75) is 11.3 Å². The average molecular weight is 181 g/mol. The molecule has 1 aliphatic rings. The number of aryl methyl sites for hydroxylation is 1. The molecule has 0 amide bonds. The van der Waals surface area contributed by atoms with Crippen LogP contribution < -0.4 is 5.32 Å². The van der Waals surface area contributed by atoms with Gasteiger partial charge < -0.3 is 5.32 Å². The molecule has 12 heavy (non-hydrogen) atoms. The van der Waals surface area contributed by atoms with E-state index in [0.717, 1.165) is 22.8 Å². The molecule has 1 aromatic rings. The number of anilines is 1. The van der Waals surface area contributed by atoms with Gasteiger partial charge in [-0.2, -0.15) is 0 Å². The Morgan fingerprint density at radius 2 is 2.33 bits per heavy atom. The van der Waals surface area contributed by atoms with Crippen LogP contribution in [0.1, 0.15) is 5.56 Å². The van der Waals surface area contributed by atoms with Crippen molar-refractivity contribution in [2.24, 2.45) is 0 Å². The van der Waals surface area contributed by atoms with Crippen LogP contribution >= 0.6 is 0 Å². The van der Waals surface area contributed by atoms with E-state index in [9.17, 15) is 4.21 Å². The second kappa shape index (κ2) is 2.90. The van der Waals surface area contributed by atoms with Crippen LogP contribution in [0.5, 0.6) is 0 Å². The molecule has 0 fully saturated rings. The number of rotatable bonds is 1. The summed E-state index contributed by atoms with van der Waals surface area (Å²) in [5.41, 5.74) is 2.25. The second-order valence-electron chi connectivity index (χ2n) is 2.84. The van der Waals surface area contributed by atoms with Gasteiger partial charge in [0.05, 0.1) is 21.4 Å². The fourth-order valence-corrected chi connectivity index (χ4v) is 3.04. The summed E-state index contributed by atoms with van der Waals surface area (Å²) in [6.07, 6.45) is 0.956. The molecule has 0 radical (unpaired) electrons. The molecule has 1 heterocycles. The summed E-state index contributed by atoms with van der Waals surface area (Å²) in [4.78, 5) is 1.01. The van der Waals surface area contributed by atoms with Crippen molar-refractivity contribution in [3.63, 3.8) is 0 Å². The monoisotopic (exact) mass is 181 g/mol. The zero-order valence-electron chi connectivity index (χ0n) is 6.96. The van der Waals surface area contributed by atoms with Gasteiger partial charge in [0.25, 0.3) is 0 Å². The van der Waals surface area contributed by atoms with E-state index in [-0.39, 0.29) is 0 Å². The molecule has 2 nitrogen and oxygen atoms in total. The second-order valence-corrected chi connectivity index (χ2v) is 4.35. The van der Waals surface area contributed by atoms with Gasteiger partial charge >= 0.3 is 0 Å². The Morgan fingerprint density at radius 3 is 3.08 bits per heavy atom. The molecule has 1 N–H and O–H groups in total. The van der Waals surface area contributed by atoms with E-state index in [1.807, 2.05) is 19.2 Å². The highest BCUT2D eigenvalue weighted by atomic mass is 32.2. The molecule has 0 aromatic heterocycles. The standard InChI is InChI=1S/C9H11NOS/c1-10-8-4-2-3-7-5-6-12(11)9(7)8/h2-4,10H,5-6H2,1H3. The number of fused-ring (bicyclic) bond motifs is 1. The van der Waals surface area contributed by atoms with Crippen molar-refractivity contribution in [1.29, 1.82) is 0 Å². The molecule has 0 saturated heterocycles. The summed E-state index contributed by atoms with van der Waals surface area (Å²) in [6.45, 7) is 0. The molecule has 0 saturated carbocycles. The first-order valence-electron chi connectivity index (χ1n) is 4.01. The lowest BCUT2D eigenvalue weighted by atomic mass is 10.1. The van der Waals surface area contributed by atoms with Gasteiger partial charge in [0, 0.05) is 12.8 Å². The quantitative estimate of drug-likeness (QED) is 0.709. The van der Waals surface area contributed by atoms with Gasteiger partial charge in [-0.1, -0.05) is 12.1 Å². The molecular weight excluding hydrogens is 170 g/mol. The van der Waals surface area contributed by atoms with Gasteiger partial charge in [-0.25, -0.2) is 0 Å². The van der Waals surface area contributed by atoms with Gasteiger partial charge in [0.2, 0.25) is 0 Å². The lowest BCUT2D eigenvalue weighted by molar-refractivity contribution is 0.686. The number of benzene rings is 1. The van der Waals surface area contributed by atoms with Crippen molar-refractivity contribution >= 4 is 16.5 Å². The Kier molecular flexibility index (Phi) is 1.89. The van der Waals surface area contributed by atoms with Crippen LogP contribution in [0.2, 0.25) is 0 Å². The van der Waals surface area contributed by atoms with Crippen molar-refractivity contribution in [1.82, 2.24) is 0 Å². The van der Waals surface area contributed by atoms with E-state index in [2.05, 4.69) is 11.4 Å². The van der Waals surface area contributed by atoms with Gasteiger partial charge in [-0.05, 0) is 18.1 Å². The van der Waals surface area contributed by atoms with Crippen molar-refractivity contribution in [3.8, 4) is 0 Å². The Bertz CT molecular complexity index is 335. The van der Waals surface area contributed by atoms with E-state index in [0.29, 0.717) is 0 Å². The Labute approximate surface area is 74.4 Å². The van der Waals surface area contributed by atoms with E-state index in [1.54, 1.807) is 0 Å². The maximum absolute atomic E-state index is 11.5. The molecular formula is C9H11NOS. The number of nitrogens with one attached hydrogen (secondary N) is 1. The van der Waals surface area contributed by atoms with Gasteiger partial charge in [-0.3, -0.25) is 4.21 Å². The summed E-state index contributed by atoms with van der Waals surface area (Å²) in [5.74, 6) is 0.786. The molecule has 0 spiro atoms. The fourth-order valence-electron chi connectivity index (χ4n) is 1.55. The van der Waals surface area contributed by atoms with Gasteiger partial charge in [0.15, 0.2) is 0 Å². The largest absolute Gasteiger partial charge is 0.387 e. The first-order valence-corrected chi connectivity index (χ1v) is 5.33. The first-order chi connectivity index (χ1) is 5.83. The van der Waals surface area contributed by atoms with Crippen LogP contribution in [0.15, 0.2) is 23.1 Å². The highest BCUT2D eigenvalue weighted by Gasteiger charge is 2.20. The molecule has 0 bridgehead atoms. The Balaban J connectivity index is 2.60. The summed E-state index contributed by atoms with van der Waals surface area (Å²) in [7, 11) is 1.09. The zero-order valence-corrected chi connectivity index (χ0v) is 7.78. The topological polar surface area (TPSA) is 29.1 Å². The van der Waals surface area contributed by atoms with Crippen molar-refractivity contribution < 1.29 is 4.21 Å². The predicted molar refractivity (Wildman–Crippen MR) is 51.0 cm³/mol. The third-order valence-corrected chi connectivity index (χ3v) is 3.66. The fraction of sp³-hybridized carbons (Fsp3) is 0.333. The van der Waals surface area contributed by atoms with E-state index < -0.39 is 10.8 Å². The Morgan fingerprint density at radius 1 is 1.50 bits per heavy atom. The lowest BCUT2D eigenvalue weighted by Gasteiger charge is -2.05. The van der Waals surface area contributed by atoms with E-state index >= 15 is 0 Å². The van der Waals surface area contributed by atoms with Crippen LogP contribution in [0.25, 0.3) is 0 Å². The highest BCUT2D eigenvalue weighted by Crippen LogP contribution is 2.29. The first kappa shape index (κ1) is 7.80. The normalized spacial score (nSPS) is 20.6. The molecule has 1 aliphatic heterocycles. The number of hydrogen-bond donors (Lipinski definition) is 1. The molecule has 3 heteroatoms. The smallest absolute Gasteiger partial charge is 0.0651 e. The summed E-state index contributed by atoms with van der Waals surface area (Å²) >= 11 is 0. The van der Waals surface area contributed by atoms with Gasteiger partial charge in [0.1, 0.15) is 0 Å². The highest BCUT2D eigenvalue weighted by molar-refractivity contribution is 7.85. The van der Waals surface area contributed by atoms with Crippen LogP contribution in [0, 0.1) is 0 Å². The summed E-state index contributed by atoms with van der Waals surface area (Å²) in [5, 5.41) is 3.06. The predicted octanol–water partition coefficient (Wildman–Crippen LogP) is 1.39. The molecule has 0 aliphatic carbocycles. The van der Waals surface area contributed by atoms with Crippen LogP contribution in [-0.2, 0) is 17.2 Å². The van der Waals surface area contributed by atoms with Gasteiger partial charge in [-0.15, -0.1) is 0 Å². The summed E-state index contributed by atoms with van der Waals surface area (Å²) in [6, 6.07) is 6.04. The molecule has 64 valence electrons. The average Bonchev–Trinajstić information content (AvgIpc) is 2.48. The molecule has 2 rings (SSSR count). The third-order valence-electron chi connectivity index (χ3n) is 2.15. The summed E-state index contributed by atoms with van der Waals surface area (Å²) < 4.78 is 11.5. The SMILES string of the molecule is CNc1cccc2c1S(=O)CC2. The Hall–Kier alpha value is -0.830. The zero-order chi connectivity index (χ0) is 8.55. The molecule has 1 atom stereocenters. The van der Waals surface area contributed by atoms with Crippen LogP contribution in [0.4, 0.5) is 5.69 Å². The maximum atomic E-state index is 11.5. The van der Waals surface area contributed by atoms with Crippen molar-refractivity contribution in [3.05, 3.63) is 23.8 Å². The molecule has 1 unspecified atom stereocenters.